The van der Waals surface area contributed by atoms with Crippen LogP contribution in [0.1, 0.15) is 12.5 Å². The summed E-state index contributed by atoms with van der Waals surface area (Å²) in [7, 11) is 0. The Labute approximate surface area is 103 Å². The number of carbonyl (C=O) groups excluding carboxylic acids is 1. The van der Waals surface area contributed by atoms with Crippen molar-refractivity contribution in [3.8, 4) is 0 Å². The Morgan fingerprint density at radius 1 is 1.56 bits per heavy atom. The maximum Gasteiger partial charge on any atom is 0.326 e. The lowest BCUT2D eigenvalue weighted by Gasteiger charge is -2.12. The summed E-state index contributed by atoms with van der Waals surface area (Å²) in [6.07, 6.45) is 3.60. The minimum absolute atomic E-state index is 0.223. The number of rotatable bonds is 4. The minimum atomic E-state index is -1.05. The van der Waals surface area contributed by atoms with Gasteiger partial charge in [0, 0.05) is 31.1 Å². The number of carboxylic acids is 1. The van der Waals surface area contributed by atoms with Gasteiger partial charge in [0.1, 0.15) is 11.7 Å². The molecule has 18 heavy (non-hydrogen) atoms. The molecule has 1 atom stereocenters. The van der Waals surface area contributed by atoms with Crippen LogP contribution in [0.5, 0.6) is 0 Å². The molecule has 0 spiro atoms. The molecule has 6 heteroatoms. The standard InChI is InChI=1S/C12H13N3O3/c1-7(16)15-10(12(17)18)5-8-6-14-11-9(8)3-2-4-13-11/h2-4,6,10H,5H2,1H3,(H,13,14)(H,15,16)(H,17,18)/t10-/m0/s1. The van der Waals surface area contributed by atoms with Crippen molar-refractivity contribution >= 4 is 22.9 Å². The molecule has 1 amide bonds. The number of carbonyl (C=O) groups is 2. The van der Waals surface area contributed by atoms with E-state index in [1.54, 1.807) is 18.5 Å². The lowest BCUT2D eigenvalue weighted by atomic mass is 10.1. The summed E-state index contributed by atoms with van der Waals surface area (Å²) in [4.78, 5) is 29.1. The van der Waals surface area contributed by atoms with Crippen LogP contribution < -0.4 is 5.32 Å². The van der Waals surface area contributed by atoms with Gasteiger partial charge in [-0.05, 0) is 17.7 Å². The minimum Gasteiger partial charge on any atom is -0.480 e. The Morgan fingerprint density at radius 2 is 2.33 bits per heavy atom. The van der Waals surface area contributed by atoms with E-state index in [0.717, 1.165) is 10.9 Å². The molecule has 0 aromatic carbocycles. The second-order valence-electron chi connectivity index (χ2n) is 4.01. The first-order valence-electron chi connectivity index (χ1n) is 5.49. The van der Waals surface area contributed by atoms with Crippen LogP contribution in [0.2, 0.25) is 0 Å². The fourth-order valence-corrected chi connectivity index (χ4v) is 1.85. The van der Waals surface area contributed by atoms with E-state index in [1.807, 2.05) is 6.07 Å². The van der Waals surface area contributed by atoms with Gasteiger partial charge in [-0.1, -0.05) is 0 Å². The summed E-state index contributed by atoms with van der Waals surface area (Å²) in [5, 5.41) is 12.3. The van der Waals surface area contributed by atoms with Crippen LogP contribution in [0, 0.1) is 0 Å². The van der Waals surface area contributed by atoms with Crippen LogP contribution in [0.4, 0.5) is 0 Å². The van der Waals surface area contributed by atoms with Gasteiger partial charge < -0.3 is 15.4 Å². The molecule has 2 heterocycles. The second kappa shape index (κ2) is 4.87. The normalized spacial score (nSPS) is 12.3. The largest absolute Gasteiger partial charge is 0.480 e. The summed E-state index contributed by atoms with van der Waals surface area (Å²) in [6.45, 7) is 1.30. The van der Waals surface area contributed by atoms with E-state index in [4.69, 9.17) is 5.11 Å². The zero-order chi connectivity index (χ0) is 13.1. The number of fused-ring (bicyclic) bond motifs is 1. The molecule has 94 valence electrons. The Bertz CT molecular complexity index is 591. The lowest BCUT2D eigenvalue weighted by Crippen LogP contribution is -2.41. The quantitative estimate of drug-likeness (QED) is 0.741. The Kier molecular flexibility index (Phi) is 3.27. The van der Waals surface area contributed by atoms with Gasteiger partial charge >= 0.3 is 5.97 Å². The van der Waals surface area contributed by atoms with E-state index in [0.29, 0.717) is 5.65 Å². The van der Waals surface area contributed by atoms with Crippen molar-refractivity contribution in [2.45, 2.75) is 19.4 Å². The molecule has 0 radical (unpaired) electrons. The van der Waals surface area contributed by atoms with E-state index in [2.05, 4.69) is 15.3 Å². The van der Waals surface area contributed by atoms with Crippen LogP contribution >= 0.6 is 0 Å². The van der Waals surface area contributed by atoms with Crippen molar-refractivity contribution < 1.29 is 14.7 Å². The molecule has 0 aliphatic heterocycles. The topological polar surface area (TPSA) is 95.1 Å². The maximum absolute atomic E-state index is 11.1. The molecule has 0 aliphatic rings. The first-order chi connectivity index (χ1) is 8.58. The third-order valence-corrected chi connectivity index (χ3v) is 2.64. The number of aromatic nitrogens is 2. The molecule has 2 rings (SSSR count). The van der Waals surface area contributed by atoms with Gasteiger partial charge in [-0.25, -0.2) is 9.78 Å². The first kappa shape index (κ1) is 12.1. The maximum atomic E-state index is 11.1. The predicted octanol–water partition coefficient (Wildman–Crippen LogP) is 0.695. The molecule has 0 saturated heterocycles. The van der Waals surface area contributed by atoms with Crippen LogP contribution in [-0.2, 0) is 16.0 Å². The van der Waals surface area contributed by atoms with Crippen molar-refractivity contribution in [3.05, 3.63) is 30.1 Å². The van der Waals surface area contributed by atoms with Crippen LogP contribution in [-0.4, -0.2) is 33.0 Å². The monoisotopic (exact) mass is 247 g/mol. The highest BCUT2D eigenvalue weighted by atomic mass is 16.4. The molecule has 0 bridgehead atoms. The molecule has 0 unspecified atom stereocenters. The number of aromatic amines is 1. The predicted molar refractivity (Wildman–Crippen MR) is 65.0 cm³/mol. The Balaban J connectivity index is 2.26. The van der Waals surface area contributed by atoms with Crippen molar-refractivity contribution in [1.82, 2.24) is 15.3 Å². The van der Waals surface area contributed by atoms with Gasteiger partial charge in [-0.3, -0.25) is 4.79 Å². The van der Waals surface area contributed by atoms with Crippen molar-refractivity contribution in [2.75, 3.05) is 0 Å². The fraction of sp³-hybridized carbons (Fsp3) is 0.250. The van der Waals surface area contributed by atoms with Crippen molar-refractivity contribution in [2.24, 2.45) is 0 Å². The average Bonchev–Trinajstić information content (AvgIpc) is 2.71. The third kappa shape index (κ3) is 2.48. The van der Waals surface area contributed by atoms with Crippen molar-refractivity contribution in [3.63, 3.8) is 0 Å². The van der Waals surface area contributed by atoms with Gasteiger partial charge in [-0.2, -0.15) is 0 Å². The highest BCUT2D eigenvalue weighted by molar-refractivity contribution is 5.84. The highest BCUT2D eigenvalue weighted by Crippen LogP contribution is 2.17. The molecule has 2 aromatic rings. The smallest absolute Gasteiger partial charge is 0.326 e. The van der Waals surface area contributed by atoms with Crippen LogP contribution in [0.25, 0.3) is 11.0 Å². The number of H-pyrrole nitrogens is 1. The number of carboxylic acid groups (broad SMARTS) is 1. The highest BCUT2D eigenvalue weighted by Gasteiger charge is 2.20. The zero-order valence-corrected chi connectivity index (χ0v) is 9.80. The second-order valence-corrected chi connectivity index (χ2v) is 4.01. The Hall–Kier alpha value is -2.37. The summed E-state index contributed by atoms with van der Waals surface area (Å²) >= 11 is 0. The molecule has 6 nitrogen and oxygen atoms in total. The van der Waals surface area contributed by atoms with Gasteiger partial charge in [-0.15, -0.1) is 0 Å². The SMILES string of the molecule is CC(=O)N[C@@H](Cc1c[nH]c2ncccc12)C(=O)O. The molecule has 0 fully saturated rings. The third-order valence-electron chi connectivity index (χ3n) is 2.64. The number of hydrogen-bond donors (Lipinski definition) is 3. The molecular formula is C12H13N3O3. The average molecular weight is 247 g/mol. The molecule has 0 saturated carbocycles. The van der Waals surface area contributed by atoms with Gasteiger partial charge in [0.25, 0.3) is 0 Å². The number of nitrogens with zero attached hydrogens (tertiary/aromatic N) is 1. The number of aliphatic carboxylic acids is 1. The van der Waals surface area contributed by atoms with Crippen LogP contribution in [0.15, 0.2) is 24.5 Å². The molecular weight excluding hydrogens is 234 g/mol. The number of nitrogens with one attached hydrogen (secondary N) is 2. The van der Waals surface area contributed by atoms with Gasteiger partial charge in [0.15, 0.2) is 0 Å². The zero-order valence-electron chi connectivity index (χ0n) is 9.80. The van der Waals surface area contributed by atoms with E-state index in [1.165, 1.54) is 6.92 Å². The van der Waals surface area contributed by atoms with E-state index >= 15 is 0 Å². The fourth-order valence-electron chi connectivity index (χ4n) is 1.85. The summed E-state index contributed by atoms with van der Waals surface area (Å²) in [6, 6.07) is 2.72. The van der Waals surface area contributed by atoms with E-state index in [-0.39, 0.29) is 12.3 Å². The van der Waals surface area contributed by atoms with Crippen molar-refractivity contribution in [1.29, 1.82) is 0 Å². The molecule has 3 N–H and O–H groups in total. The van der Waals surface area contributed by atoms with Gasteiger partial charge in [0.05, 0.1) is 0 Å². The van der Waals surface area contributed by atoms with Crippen LogP contribution in [0.3, 0.4) is 0 Å². The molecule has 2 aromatic heterocycles. The lowest BCUT2D eigenvalue weighted by molar-refractivity contribution is -0.141. The number of amides is 1. The summed E-state index contributed by atoms with van der Waals surface area (Å²) < 4.78 is 0. The molecule has 0 aliphatic carbocycles. The number of pyridine rings is 1. The van der Waals surface area contributed by atoms with E-state index < -0.39 is 12.0 Å². The Morgan fingerprint density at radius 3 is 3.00 bits per heavy atom. The summed E-state index contributed by atoms with van der Waals surface area (Å²) in [5.41, 5.74) is 1.53. The van der Waals surface area contributed by atoms with E-state index in [9.17, 15) is 9.59 Å². The summed E-state index contributed by atoms with van der Waals surface area (Å²) in [5.74, 6) is -1.41. The first-order valence-corrected chi connectivity index (χ1v) is 5.49. The number of hydrogen-bond acceptors (Lipinski definition) is 3. The van der Waals surface area contributed by atoms with Gasteiger partial charge in [0.2, 0.25) is 5.91 Å².